The molecule has 1 aromatic carbocycles. The summed E-state index contributed by atoms with van der Waals surface area (Å²) in [5, 5.41) is 23.0. The molecule has 150 valence electrons. The molecule has 0 amide bonds. The molecule has 2 bridgehead atoms. The Kier molecular flexibility index (Phi) is 2.87. The summed E-state index contributed by atoms with van der Waals surface area (Å²) in [5.74, 6) is 1.70. The van der Waals surface area contributed by atoms with Crippen LogP contribution in [0.15, 0.2) is 12.1 Å². The van der Waals surface area contributed by atoms with E-state index in [1.54, 1.807) is 6.07 Å². The van der Waals surface area contributed by atoms with Gasteiger partial charge in [0.25, 0.3) is 0 Å². The summed E-state index contributed by atoms with van der Waals surface area (Å²) in [6.45, 7) is 2.14. The fourth-order valence-corrected chi connectivity index (χ4v) is 7.96. The summed E-state index contributed by atoms with van der Waals surface area (Å²) in [7, 11) is 0. The second-order valence-corrected chi connectivity index (χ2v) is 10.6. The first-order valence-electron chi connectivity index (χ1n) is 11.2. The summed E-state index contributed by atoms with van der Waals surface area (Å²) >= 11 is 0. The lowest BCUT2D eigenvalue weighted by Crippen LogP contribution is -2.80. The van der Waals surface area contributed by atoms with Gasteiger partial charge in [0, 0.05) is 29.6 Å². The van der Waals surface area contributed by atoms with Crippen LogP contribution in [0.4, 0.5) is 0 Å². The molecule has 0 radical (unpaired) electrons. The number of phenolic OH excluding ortho intramolecular Hbond substituents is 1. The Morgan fingerprint density at radius 2 is 2.00 bits per heavy atom. The van der Waals surface area contributed by atoms with Crippen molar-refractivity contribution in [2.75, 3.05) is 13.1 Å². The highest BCUT2D eigenvalue weighted by Crippen LogP contribution is 2.71. The molecule has 0 aromatic heterocycles. The molecule has 7 rings (SSSR count). The van der Waals surface area contributed by atoms with Gasteiger partial charge in [0.2, 0.25) is 0 Å². The molecular formula is C23H30N2O3. The van der Waals surface area contributed by atoms with Gasteiger partial charge in [0.1, 0.15) is 6.10 Å². The first kappa shape index (κ1) is 16.5. The Morgan fingerprint density at radius 1 is 1.14 bits per heavy atom. The average Bonchev–Trinajstić information content (AvgIpc) is 3.42. The number of likely N-dealkylation sites (tertiary alicyclic amines) is 1. The van der Waals surface area contributed by atoms with Crippen molar-refractivity contribution in [3.8, 4) is 11.5 Å². The highest BCUT2D eigenvalue weighted by atomic mass is 16.5. The third kappa shape index (κ3) is 1.61. The molecule has 5 nitrogen and oxygen atoms in total. The minimum Gasteiger partial charge on any atom is -0.504 e. The number of nitrogens with zero attached hydrogens (tertiary/aromatic N) is 1. The molecule has 5 heteroatoms. The van der Waals surface area contributed by atoms with Gasteiger partial charge in [0.05, 0.1) is 11.0 Å². The van der Waals surface area contributed by atoms with Gasteiger partial charge in [-0.1, -0.05) is 6.07 Å². The number of fused-ring (bicyclic) bond motifs is 1. The number of aliphatic hydroxyl groups is 1. The Labute approximate surface area is 165 Å². The Balaban J connectivity index is 1.45. The average molecular weight is 383 g/mol. The standard InChI is InChI=1S/C23H30N2O3/c24-16-5-6-21(16)7-8-23(27)17-11-14-3-4-15(26)19-18(14)22(23,20(21)28-19)9-10-25(17)12-13-1-2-13/h3-4,13,16-17,20,26-27H,1-2,5-12,24H2/t16-,17-,20-,21-,22-,23+/m0/s1. The van der Waals surface area contributed by atoms with Crippen molar-refractivity contribution in [2.45, 2.75) is 80.6 Å². The van der Waals surface area contributed by atoms with Crippen LogP contribution in [-0.2, 0) is 11.8 Å². The molecule has 0 unspecified atom stereocenters. The van der Waals surface area contributed by atoms with Gasteiger partial charge in [-0.3, -0.25) is 4.90 Å². The number of hydrogen-bond donors (Lipinski definition) is 3. The smallest absolute Gasteiger partial charge is 0.165 e. The monoisotopic (exact) mass is 382 g/mol. The van der Waals surface area contributed by atoms with Crippen LogP contribution in [0.2, 0.25) is 0 Å². The van der Waals surface area contributed by atoms with Crippen molar-refractivity contribution >= 4 is 0 Å². The van der Waals surface area contributed by atoms with Crippen molar-refractivity contribution in [3.63, 3.8) is 0 Å². The summed E-state index contributed by atoms with van der Waals surface area (Å²) in [5.41, 5.74) is 7.76. The number of hydrogen-bond acceptors (Lipinski definition) is 5. The van der Waals surface area contributed by atoms with Gasteiger partial charge in [-0.05, 0) is 75.5 Å². The molecule has 3 saturated carbocycles. The van der Waals surface area contributed by atoms with Gasteiger partial charge >= 0.3 is 0 Å². The normalized spacial score (nSPS) is 48.1. The van der Waals surface area contributed by atoms with Crippen molar-refractivity contribution in [1.82, 2.24) is 4.90 Å². The molecule has 4 N–H and O–H groups in total. The van der Waals surface area contributed by atoms with Crippen LogP contribution in [0.25, 0.3) is 0 Å². The molecule has 28 heavy (non-hydrogen) atoms. The number of phenols is 1. The van der Waals surface area contributed by atoms with E-state index < -0.39 is 11.0 Å². The number of ether oxygens (including phenoxy) is 1. The predicted molar refractivity (Wildman–Crippen MR) is 104 cm³/mol. The molecule has 4 aliphatic carbocycles. The van der Waals surface area contributed by atoms with E-state index in [9.17, 15) is 10.2 Å². The van der Waals surface area contributed by atoms with E-state index in [4.69, 9.17) is 10.5 Å². The van der Waals surface area contributed by atoms with Gasteiger partial charge in [-0.25, -0.2) is 0 Å². The van der Waals surface area contributed by atoms with Crippen LogP contribution in [0.3, 0.4) is 0 Å². The highest BCUT2D eigenvalue weighted by Gasteiger charge is 2.77. The second kappa shape index (κ2) is 4.88. The summed E-state index contributed by atoms with van der Waals surface area (Å²) in [6.07, 6.45) is 8.22. The highest BCUT2D eigenvalue weighted by molar-refractivity contribution is 5.63. The third-order valence-corrected chi connectivity index (χ3v) is 9.67. The third-order valence-electron chi connectivity index (χ3n) is 9.67. The SMILES string of the molecule is N[C@H]1CC[C@]12CC[C@@]1(O)[C@@H]3Cc4ccc(O)c5c4[C@@]1(CCN3CC1CC1)[C@H]2O5. The Hall–Kier alpha value is -1.30. The van der Waals surface area contributed by atoms with E-state index in [-0.39, 0.29) is 29.4 Å². The lowest BCUT2D eigenvalue weighted by atomic mass is 9.40. The maximum Gasteiger partial charge on any atom is 0.165 e. The minimum absolute atomic E-state index is 0.0461. The van der Waals surface area contributed by atoms with E-state index >= 15 is 0 Å². The first-order chi connectivity index (χ1) is 13.5. The van der Waals surface area contributed by atoms with Crippen molar-refractivity contribution < 1.29 is 14.9 Å². The molecule has 2 aliphatic heterocycles. The predicted octanol–water partition coefficient (Wildman–Crippen LogP) is 2.06. The summed E-state index contributed by atoms with van der Waals surface area (Å²) in [6, 6.07) is 4.17. The van der Waals surface area contributed by atoms with E-state index in [0.717, 1.165) is 63.1 Å². The molecule has 2 heterocycles. The fourth-order valence-electron chi connectivity index (χ4n) is 7.96. The quantitative estimate of drug-likeness (QED) is 0.730. The van der Waals surface area contributed by atoms with Crippen LogP contribution in [0.1, 0.15) is 56.1 Å². The van der Waals surface area contributed by atoms with E-state index in [1.165, 1.54) is 18.4 Å². The molecule has 6 atom stereocenters. The Morgan fingerprint density at radius 3 is 2.71 bits per heavy atom. The molecule has 6 aliphatic rings. The molecule has 2 spiro atoms. The van der Waals surface area contributed by atoms with E-state index in [2.05, 4.69) is 11.0 Å². The largest absolute Gasteiger partial charge is 0.504 e. The van der Waals surface area contributed by atoms with Crippen LogP contribution in [0, 0.1) is 11.3 Å². The maximum absolute atomic E-state index is 12.4. The molecule has 1 aromatic rings. The number of rotatable bonds is 2. The zero-order valence-corrected chi connectivity index (χ0v) is 16.4. The molecule has 1 saturated heterocycles. The number of aromatic hydroxyl groups is 1. The second-order valence-electron chi connectivity index (χ2n) is 10.6. The number of nitrogens with two attached hydrogens (primary N) is 1. The minimum atomic E-state index is -0.780. The Bertz CT molecular complexity index is 885. The number of benzene rings is 1. The van der Waals surface area contributed by atoms with Crippen LogP contribution in [0.5, 0.6) is 11.5 Å². The molecule has 4 fully saturated rings. The fraction of sp³-hybridized carbons (Fsp3) is 0.739. The number of piperidine rings is 1. The topological polar surface area (TPSA) is 79.0 Å². The zero-order valence-electron chi connectivity index (χ0n) is 16.4. The van der Waals surface area contributed by atoms with Crippen molar-refractivity contribution in [3.05, 3.63) is 23.3 Å². The van der Waals surface area contributed by atoms with Crippen LogP contribution >= 0.6 is 0 Å². The van der Waals surface area contributed by atoms with Crippen molar-refractivity contribution in [1.29, 1.82) is 0 Å². The van der Waals surface area contributed by atoms with E-state index in [1.807, 2.05) is 0 Å². The van der Waals surface area contributed by atoms with Gasteiger partial charge in [-0.2, -0.15) is 0 Å². The first-order valence-corrected chi connectivity index (χ1v) is 11.2. The van der Waals surface area contributed by atoms with Crippen LogP contribution in [-0.4, -0.2) is 52.0 Å². The van der Waals surface area contributed by atoms with Gasteiger partial charge in [0.15, 0.2) is 11.5 Å². The summed E-state index contributed by atoms with van der Waals surface area (Å²) < 4.78 is 6.62. The zero-order chi connectivity index (χ0) is 18.9. The lowest BCUT2D eigenvalue weighted by Gasteiger charge is -2.69. The summed E-state index contributed by atoms with van der Waals surface area (Å²) in [4.78, 5) is 2.59. The van der Waals surface area contributed by atoms with Crippen LogP contribution < -0.4 is 10.5 Å². The van der Waals surface area contributed by atoms with E-state index in [0.29, 0.717) is 5.75 Å². The maximum atomic E-state index is 12.4. The van der Waals surface area contributed by atoms with Crippen molar-refractivity contribution in [2.24, 2.45) is 17.1 Å². The lowest BCUT2D eigenvalue weighted by molar-refractivity contribution is -0.233. The van der Waals surface area contributed by atoms with Gasteiger partial charge < -0.3 is 20.7 Å². The van der Waals surface area contributed by atoms with Gasteiger partial charge in [-0.15, -0.1) is 0 Å². The molecular weight excluding hydrogens is 352 g/mol.